The molecule has 0 saturated carbocycles. The second-order valence-electron chi connectivity index (χ2n) is 2.54. The molecule has 12 heavy (non-hydrogen) atoms. The summed E-state index contributed by atoms with van der Waals surface area (Å²) in [7, 11) is 0. The Hall–Kier alpha value is -0.440. The van der Waals surface area contributed by atoms with Gasteiger partial charge in [-0.3, -0.25) is 0 Å². The second-order valence-corrected chi connectivity index (χ2v) is 3.65. The lowest BCUT2D eigenvalue weighted by Gasteiger charge is -2.07. The first kappa shape index (κ1) is 9.65. The zero-order chi connectivity index (χ0) is 9.14. The molecule has 0 N–H and O–H groups in total. The Morgan fingerprint density at radius 2 is 2.08 bits per heavy atom. The Bertz CT molecular complexity index is 273. The van der Waals surface area contributed by atoms with E-state index in [0.717, 1.165) is 12.5 Å². The van der Waals surface area contributed by atoms with Gasteiger partial charge >= 0.3 is 0 Å². The molecular formula is C9H9BrF2. The maximum atomic E-state index is 13.0. The third-order valence-electron chi connectivity index (χ3n) is 1.66. The van der Waals surface area contributed by atoms with Crippen LogP contribution in [0, 0.1) is 11.6 Å². The second kappa shape index (κ2) is 3.99. The molecule has 0 spiro atoms. The summed E-state index contributed by atoms with van der Waals surface area (Å²) in [6.07, 6.45) is 0.780. The summed E-state index contributed by atoms with van der Waals surface area (Å²) in [5, 5.41) is 0. The van der Waals surface area contributed by atoms with E-state index in [-0.39, 0.29) is 4.83 Å². The van der Waals surface area contributed by atoms with Crippen molar-refractivity contribution in [1.29, 1.82) is 0 Å². The van der Waals surface area contributed by atoms with E-state index in [1.165, 1.54) is 12.1 Å². The lowest BCUT2D eigenvalue weighted by atomic mass is 10.1. The monoisotopic (exact) mass is 234 g/mol. The molecule has 0 aliphatic rings. The van der Waals surface area contributed by atoms with Crippen LogP contribution in [0.25, 0.3) is 0 Å². The number of hydrogen-bond donors (Lipinski definition) is 0. The smallest absolute Gasteiger partial charge is 0.130 e. The lowest BCUT2D eigenvalue weighted by molar-refractivity contribution is 0.570. The van der Waals surface area contributed by atoms with E-state index in [9.17, 15) is 8.78 Å². The number of hydrogen-bond acceptors (Lipinski definition) is 0. The van der Waals surface area contributed by atoms with E-state index >= 15 is 0 Å². The van der Waals surface area contributed by atoms with Crippen molar-refractivity contribution in [2.24, 2.45) is 0 Å². The molecule has 0 aliphatic heterocycles. The van der Waals surface area contributed by atoms with E-state index in [1.807, 2.05) is 6.92 Å². The summed E-state index contributed by atoms with van der Waals surface area (Å²) in [6, 6.07) is 3.63. The molecular weight excluding hydrogens is 226 g/mol. The van der Waals surface area contributed by atoms with Gasteiger partial charge in [0.25, 0.3) is 0 Å². The zero-order valence-corrected chi connectivity index (χ0v) is 8.24. The number of alkyl halides is 1. The quantitative estimate of drug-likeness (QED) is 0.683. The van der Waals surface area contributed by atoms with E-state index in [2.05, 4.69) is 15.9 Å². The van der Waals surface area contributed by atoms with Gasteiger partial charge in [-0.2, -0.15) is 0 Å². The van der Waals surface area contributed by atoms with E-state index < -0.39 is 11.6 Å². The van der Waals surface area contributed by atoms with Crippen LogP contribution in [0.5, 0.6) is 0 Å². The summed E-state index contributed by atoms with van der Waals surface area (Å²) in [5.41, 5.74) is 0.513. The highest BCUT2D eigenvalue weighted by atomic mass is 79.9. The van der Waals surface area contributed by atoms with E-state index in [1.54, 1.807) is 0 Å². The summed E-state index contributed by atoms with van der Waals surface area (Å²) >= 11 is 3.30. The summed E-state index contributed by atoms with van der Waals surface area (Å²) < 4.78 is 25.5. The fourth-order valence-corrected chi connectivity index (χ4v) is 1.35. The van der Waals surface area contributed by atoms with Gasteiger partial charge in [-0.15, -0.1) is 0 Å². The maximum absolute atomic E-state index is 13.0. The maximum Gasteiger partial charge on any atom is 0.130 e. The Kier molecular flexibility index (Phi) is 3.20. The molecule has 0 amide bonds. The van der Waals surface area contributed by atoms with Gasteiger partial charge in [0.15, 0.2) is 0 Å². The van der Waals surface area contributed by atoms with Crippen molar-refractivity contribution in [2.45, 2.75) is 18.2 Å². The van der Waals surface area contributed by atoms with Gasteiger partial charge in [-0.1, -0.05) is 28.9 Å². The minimum Gasteiger partial charge on any atom is -0.207 e. The van der Waals surface area contributed by atoms with E-state index in [0.29, 0.717) is 5.56 Å². The molecule has 0 unspecified atom stereocenters. The topological polar surface area (TPSA) is 0 Å². The van der Waals surface area contributed by atoms with Gasteiger partial charge in [0.05, 0.1) is 0 Å². The van der Waals surface area contributed by atoms with Gasteiger partial charge in [-0.25, -0.2) is 8.78 Å². The third-order valence-corrected chi connectivity index (χ3v) is 2.80. The predicted octanol–water partition coefficient (Wildman–Crippen LogP) is 3.81. The van der Waals surface area contributed by atoms with Crippen molar-refractivity contribution in [2.75, 3.05) is 0 Å². The van der Waals surface area contributed by atoms with Crippen molar-refractivity contribution in [3.8, 4) is 0 Å². The zero-order valence-electron chi connectivity index (χ0n) is 6.65. The first-order valence-corrected chi connectivity index (χ1v) is 4.65. The molecule has 1 aromatic carbocycles. The molecule has 66 valence electrons. The normalized spacial score (nSPS) is 13.0. The molecule has 0 bridgehead atoms. The van der Waals surface area contributed by atoms with Crippen molar-refractivity contribution in [1.82, 2.24) is 0 Å². The Morgan fingerprint density at radius 1 is 1.42 bits per heavy atom. The van der Waals surface area contributed by atoms with Gasteiger partial charge in [0.2, 0.25) is 0 Å². The average Bonchev–Trinajstić information content (AvgIpc) is 2.03. The summed E-state index contributed by atoms with van der Waals surface area (Å²) in [5.74, 6) is -1.02. The van der Waals surface area contributed by atoms with Crippen LogP contribution >= 0.6 is 15.9 Å². The van der Waals surface area contributed by atoms with Gasteiger partial charge in [-0.05, 0) is 12.5 Å². The fourth-order valence-electron chi connectivity index (χ4n) is 0.975. The Balaban J connectivity index is 3.01. The van der Waals surface area contributed by atoms with Crippen LogP contribution in [-0.4, -0.2) is 0 Å². The molecule has 0 heterocycles. The standard InChI is InChI=1S/C9H9BrF2/c1-2-8(10)7-4-3-6(11)5-9(7)12/h3-5,8H,2H2,1H3/t8-/m0/s1. The molecule has 3 heteroatoms. The number of rotatable bonds is 2. The fraction of sp³-hybridized carbons (Fsp3) is 0.333. The predicted molar refractivity (Wildman–Crippen MR) is 48.3 cm³/mol. The molecule has 1 aromatic rings. The van der Waals surface area contributed by atoms with Crippen LogP contribution < -0.4 is 0 Å². The SMILES string of the molecule is CC[C@H](Br)c1ccc(F)cc1F. The molecule has 0 fully saturated rings. The van der Waals surface area contributed by atoms with Crippen LogP contribution in [-0.2, 0) is 0 Å². The highest BCUT2D eigenvalue weighted by Crippen LogP contribution is 2.28. The van der Waals surface area contributed by atoms with Crippen LogP contribution in [0.4, 0.5) is 8.78 Å². The largest absolute Gasteiger partial charge is 0.207 e. The highest BCUT2D eigenvalue weighted by molar-refractivity contribution is 9.09. The van der Waals surface area contributed by atoms with Crippen molar-refractivity contribution in [3.63, 3.8) is 0 Å². The van der Waals surface area contributed by atoms with Gasteiger partial charge in [0.1, 0.15) is 11.6 Å². The molecule has 0 saturated heterocycles. The Labute approximate surface area is 78.7 Å². The highest BCUT2D eigenvalue weighted by Gasteiger charge is 2.10. The minimum atomic E-state index is -0.535. The van der Waals surface area contributed by atoms with Crippen molar-refractivity contribution >= 4 is 15.9 Å². The van der Waals surface area contributed by atoms with Gasteiger partial charge < -0.3 is 0 Å². The van der Waals surface area contributed by atoms with E-state index in [4.69, 9.17) is 0 Å². The first-order valence-electron chi connectivity index (χ1n) is 3.74. The van der Waals surface area contributed by atoms with Crippen molar-refractivity contribution in [3.05, 3.63) is 35.4 Å². The molecule has 0 aliphatic carbocycles. The van der Waals surface area contributed by atoms with Crippen LogP contribution in [0.1, 0.15) is 23.7 Å². The molecule has 0 nitrogen and oxygen atoms in total. The van der Waals surface area contributed by atoms with Crippen molar-refractivity contribution < 1.29 is 8.78 Å². The third kappa shape index (κ3) is 2.03. The number of benzene rings is 1. The van der Waals surface area contributed by atoms with Crippen LogP contribution in [0.15, 0.2) is 18.2 Å². The molecule has 0 radical (unpaired) electrons. The van der Waals surface area contributed by atoms with Gasteiger partial charge in [0, 0.05) is 16.5 Å². The average molecular weight is 235 g/mol. The van der Waals surface area contributed by atoms with Crippen LogP contribution in [0.3, 0.4) is 0 Å². The molecule has 1 atom stereocenters. The Morgan fingerprint density at radius 3 is 2.58 bits per heavy atom. The van der Waals surface area contributed by atoms with Crippen LogP contribution in [0.2, 0.25) is 0 Å². The molecule has 0 aromatic heterocycles. The minimum absolute atomic E-state index is 0.0295. The molecule has 1 rings (SSSR count). The number of halogens is 3. The lowest BCUT2D eigenvalue weighted by Crippen LogP contribution is -1.93. The summed E-state index contributed by atoms with van der Waals surface area (Å²) in [6.45, 7) is 1.93. The first-order chi connectivity index (χ1) is 5.65. The summed E-state index contributed by atoms with van der Waals surface area (Å²) in [4.78, 5) is -0.0295.